The van der Waals surface area contributed by atoms with Crippen molar-refractivity contribution in [1.29, 1.82) is 0 Å². The van der Waals surface area contributed by atoms with Crippen LogP contribution in [0.25, 0.3) is 0 Å². The molecule has 0 aliphatic carbocycles. The number of hydrogen-bond acceptors (Lipinski definition) is 2. The lowest BCUT2D eigenvalue weighted by atomic mass is 10.0. The maximum Gasteiger partial charge on any atom is 0.274 e. The highest BCUT2D eigenvalue weighted by molar-refractivity contribution is 5.40. The SMILES string of the molecule is OCC(F)(F)Cc1ccc2c(c1)CCO2. The van der Waals surface area contributed by atoms with Gasteiger partial charge in [0.1, 0.15) is 12.4 Å². The number of fused-ring (bicyclic) bond motifs is 1. The summed E-state index contributed by atoms with van der Waals surface area (Å²) in [6.07, 6.45) is 0.352. The third kappa shape index (κ3) is 2.26. The van der Waals surface area contributed by atoms with E-state index >= 15 is 0 Å². The first-order chi connectivity index (χ1) is 7.11. The molecule has 0 unspecified atom stereocenters. The van der Waals surface area contributed by atoms with Crippen molar-refractivity contribution in [2.75, 3.05) is 13.2 Å². The third-order valence-electron chi connectivity index (χ3n) is 2.45. The first-order valence-corrected chi connectivity index (χ1v) is 4.84. The summed E-state index contributed by atoms with van der Waals surface area (Å²) < 4.78 is 31.1. The number of rotatable bonds is 3. The maximum atomic E-state index is 12.9. The van der Waals surface area contributed by atoms with Crippen molar-refractivity contribution < 1.29 is 18.6 Å². The molecule has 1 aliphatic heterocycles. The largest absolute Gasteiger partial charge is 0.493 e. The van der Waals surface area contributed by atoms with E-state index in [-0.39, 0.29) is 0 Å². The molecule has 0 aromatic heterocycles. The minimum Gasteiger partial charge on any atom is -0.493 e. The van der Waals surface area contributed by atoms with Gasteiger partial charge in [-0.25, -0.2) is 8.78 Å². The van der Waals surface area contributed by atoms with Gasteiger partial charge in [-0.2, -0.15) is 0 Å². The van der Waals surface area contributed by atoms with Crippen LogP contribution in [0, 0.1) is 0 Å². The molecule has 15 heavy (non-hydrogen) atoms. The number of ether oxygens (including phenoxy) is 1. The van der Waals surface area contributed by atoms with Crippen LogP contribution in [-0.4, -0.2) is 24.2 Å². The van der Waals surface area contributed by atoms with Crippen LogP contribution in [0.3, 0.4) is 0 Å². The summed E-state index contributed by atoms with van der Waals surface area (Å²) in [6, 6.07) is 5.06. The van der Waals surface area contributed by atoms with Crippen LogP contribution < -0.4 is 4.74 Å². The average Bonchev–Trinajstić information content (AvgIpc) is 2.64. The second-order valence-electron chi connectivity index (χ2n) is 3.73. The molecule has 1 aromatic rings. The summed E-state index contributed by atoms with van der Waals surface area (Å²) in [6.45, 7) is -0.490. The van der Waals surface area contributed by atoms with E-state index in [1.807, 2.05) is 0 Å². The van der Waals surface area contributed by atoms with E-state index < -0.39 is 19.0 Å². The quantitative estimate of drug-likeness (QED) is 0.831. The zero-order valence-corrected chi connectivity index (χ0v) is 8.17. The molecule has 0 radical (unpaired) electrons. The van der Waals surface area contributed by atoms with Crippen LogP contribution in [0.5, 0.6) is 5.75 Å². The van der Waals surface area contributed by atoms with Gasteiger partial charge in [-0.1, -0.05) is 12.1 Å². The molecule has 1 aliphatic rings. The van der Waals surface area contributed by atoms with Gasteiger partial charge in [0.05, 0.1) is 6.61 Å². The number of alkyl halides is 2. The van der Waals surface area contributed by atoms with Gasteiger partial charge in [-0.15, -0.1) is 0 Å². The molecule has 1 aromatic carbocycles. The topological polar surface area (TPSA) is 29.5 Å². The van der Waals surface area contributed by atoms with E-state index in [4.69, 9.17) is 9.84 Å². The van der Waals surface area contributed by atoms with Crippen molar-refractivity contribution in [1.82, 2.24) is 0 Å². The first-order valence-electron chi connectivity index (χ1n) is 4.84. The van der Waals surface area contributed by atoms with Gasteiger partial charge in [-0.05, 0) is 17.2 Å². The number of halogens is 2. The van der Waals surface area contributed by atoms with E-state index in [0.717, 1.165) is 17.7 Å². The monoisotopic (exact) mass is 214 g/mol. The maximum absolute atomic E-state index is 12.9. The Hall–Kier alpha value is -1.16. The van der Waals surface area contributed by atoms with Gasteiger partial charge in [0.2, 0.25) is 0 Å². The number of benzene rings is 1. The van der Waals surface area contributed by atoms with Crippen molar-refractivity contribution >= 4 is 0 Å². The molecule has 0 atom stereocenters. The number of aliphatic hydroxyl groups excluding tert-OH is 1. The van der Waals surface area contributed by atoms with Gasteiger partial charge < -0.3 is 9.84 Å². The van der Waals surface area contributed by atoms with Crippen molar-refractivity contribution in [2.45, 2.75) is 18.8 Å². The summed E-state index contributed by atoms with van der Waals surface area (Å²) in [5.74, 6) is -2.25. The molecule has 2 nitrogen and oxygen atoms in total. The molecule has 0 amide bonds. The normalized spacial score (nSPS) is 14.9. The molecule has 0 bridgehead atoms. The van der Waals surface area contributed by atoms with Crippen LogP contribution in [-0.2, 0) is 12.8 Å². The lowest BCUT2D eigenvalue weighted by Gasteiger charge is -2.13. The molecular weight excluding hydrogens is 202 g/mol. The summed E-state index contributed by atoms with van der Waals surface area (Å²) in [7, 11) is 0. The highest BCUT2D eigenvalue weighted by Crippen LogP contribution is 2.28. The fraction of sp³-hybridized carbons (Fsp3) is 0.455. The zero-order valence-electron chi connectivity index (χ0n) is 8.17. The fourth-order valence-electron chi connectivity index (χ4n) is 1.70. The van der Waals surface area contributed by atoms with Crippen LogP contribution in [0.4, 0.5) is 8.78 Å². The Labute approximate surface area is 86.5 Å². The van der Waals surface area contributed by atoms with E-state index in [0.29, 0.717) is 12.2 Å². The molecule has 0 saturated carbocycles. The smallest absolute Gasteiger partial charge is 0.274 e. The van der Waals surface area contributed by atoms with Gasteiger partial charge >= 0.3 is 0 Å². The lowest BCUT2D eigenvalue weighted by Crippen LogP contribution is -2.24. The van der Waals surface area contributed by atoms with Gasteiger partial charge in [0.15, 0.2) is 0 Å². The van der Waals surface area contributed by atoms with E-state index in [1.165, 1.54) is 0 Å². The second-order valence-corrected chi connectivity index (χ2v) is 3.73. The zero-order chi connectivity index (χ0) is 10.9. The molecule has 1 heterocycles. The summed E-state index contributed by atoms with van der Waals surface area (Å²) in [4.78, 5) is 0. The highest BCUT2D eigenvalue weighted by Gasteiger charge is 2.28. The van der Waals surface area contributed by atoms with Crippen molar-refractivity contribution in [3.63, 3.8) is 0 Å². The van der Waals surface area contributed by atoms with Crippen LogP contribution in [0.2, 0.25) is 0 Å². The molecule has 4 heteroatoms. The lowest BCUT2D eigenvalue weighted by molar-refractivity contribution is -0.0488. The Morgan fingerprint density at radius 3 is 2.93 bits per heavy atom. The van der Waals surface area contributed by atoms with Gasteiger partial charge in [-0.3, -0.25) is 0 Å². The second kappa shape index (κ2) is 3.77. The Balaban J connectivity index is 2.17. The highest BCUT2D eigenvalue weighted by atomic mass is 19.3. The van der Waals surface area contributed by atoms with Crippen molar-refractivity contribution in [3.05, 3.63) is 29.3 Å². The fourth-order valence-corrected chi connectivity index (χ4v) is 1.70. The Morgan fingerprint density at radius 2 is 2.20 bits per heavy atom. The Bertz CT molecular complexity index is 364. The van der Waals surface area contributed by atoms with E-state index in [9.17, 15) is 8.78 Å². The molecule has 0 fully saturated rings. The van der Waals surface area contributed by atoms with Crippen LogP contribution >= 0.6 is 0 Å². The van der Waals surface area contributed by atoms with E-state index in [1.54, 1.807) is 18.2 Å². The van der Waals surface area contributed by atoms with Crippen molar-refractivity contribution in [3.8, 4) is 5.75 Å². The minimum atomic E-state index is -3.03. The Kier molecular flexibility index (Phi) is 2.61. The Morgan fingerprint density at radius 1 is 1.40 bits per heavy atom. The van der Waals surface area contributed by atoms with E-state index in [2.05, 4.69) is 0 Å². The average molecular weight is 214 g/mol. The molecule has 0 saturated heterocycles. The van der Waals surface area contributed by atoms with Crippen molar-refractivity contribution in [2.24, 2.45) is 0 Å². The molecule has 82 valence electrons. The predicted octanol–water partition coefficient (Wildman–Crippen LogP) is 1.79. The minimum absolute atomic E-state index is 0.420. The molecule has 1 N–H and O–H groups in total. The third-order valence-corrected chi connectivity index (χ3v) is 2.45. The molecule has 2 rings (SSSR count). The van der Waals surface area contributed by atoms with Crippen LogP contribution in [0.15, 0.2) is 18.2 Å². The summed E-state index contributed by atoms with van der Waals surface area (Å²) in [5, 5.41) is 8.47. The van der Waals surface area contributed by atoms with Gasteiger partial charge in [0.25, 0.3) is 5.92 Å². The standard InChI is InChI=1S/C11H12F2O2/c12-11(13,7-14)6-8-1-2-10-9(5-8)3-4-15-10/h1-2,5,14H,3-4,6-7H2. The molecule has 0 spiro atoms. The molecular formula is C11H12F2O2. The number of aliphatic hydroxyl groups is 1. The predicted molar refractivity (Wildman–Crippen MR) is 51.4 cm³/mol. The summed E-state index contributed by atoms with van der Waals surface area (Å²) in [5.41, 5.74) is 1.51. The van der Waals surface area contributed by atoms with Crippen LogP contribution in [0.1, 0.15) is 11.1 Å². The number of hydrogen-bond donors (Lipinski definition) is 1. The first kappa shape index (κ1) is 10.4. The van der Waals surface area contributed by atoms with Gasteiger partial charge in [0, 0.05) is 12.8 Å². The summed E-state index contributed by atoms with van der Waals surface area (Å²) >= 11 is 0.